The summed E-state index contributed by atoms with van der Waals surface area (Å²) in [5.41, 5.74) is 2.37. The highest BCUT2D eigenvalue weighted by Gasteiger charge is 2.18. The molecule has 3 heterocycles. The minimum Gasteiger partial charge on any atom is -0.378 e. The maximum atomic E-state index is 12.3. The summed E-state index contributed by atoms with van der Waals surface area (Å²) in [4.78, 5) is 23.0. The quantitative estimate of drug-likeness (QED) is 0.710. The van der Waals surface area contributed by atoms with Gasteiger partial charge in [0.05, 0.1) is 43.9 Å². The molecule has 144 valence electrons. The molecule has 4 rings (SSSR count). The van der Waals surface area contributed by atoms with Crippen molar-refractivity contribution >= 4 is 28.9 Å². The number of ether oxygens (including phenoxy) is 1. The number of nitrogens with one attached hydrogen (secondary N) is 1. The summed E-state index contributed by atoms with van der Waals surface area (Å²) in [5.74, 6) is 0.535. The van der Waals surface area contributed by atoms with E-state index in [-0.39, 0.29) is 12.3 Å². The van der Waals surface area contributed by atoms with Gasteiger partial charge in [0.25, 0.3) is 0 Å². The van der Waals surface area contributed by atoms with E-state index in [0.29, 0.717) is 29.7 Å². The third-order valence-corrected chi connectivity index (χ3v) is 4.64. The maximum Gasteiger partial charge on any atom is 0.228 e. The number of carbonyl (C=O) groups is 1. The highest BCUT2D eigenvalue weighted by Crippen LogP contribution is 2.22. The van der Waals surface area contributed by atoms with E-state index >= 15 is 0 Å². The molecule has 2 aromatic heterocycles. The van der Waals surface area contributed by atoms with Crippen LogP contribution in [0, 0.1) is 0 Å². The molecule has 9 heteroatoms. The summed E-state index contributed by atoms with van der Waals surface area (Å²) in [6.45, 7) is 2.87. The Hall–Kier alpha value is -2.97. The van der Waals surface area contributed by atoms with Crippen LogP contribution in [0.1, 0.15) is 5.56 Å². The van der Waals surface area contributed by atoms with Gasteiger partial charge in [-0.1, -0.05) is 23.7 Å². The zero-order valence-corrected chi connectivity index (χ0v) is 15.8. The first-order valence-corrected chi connectivity index (χ1v) is 9.29. The minimum atomic E-state index is -0.127. The summed E-state index contributed by atoms with van der Waals surface area (Å²) in [7, 11) is 0. The second-order valence-corrected chi connectivity index (χ2v) is 6.79. The molecule has 1 fully saturated rings. The van der Waals surface area contributed by atoms with Crippen molar-refractivity contribution in [1.29, 1.82) is 0 Å². The monoisotopic (exact) mass is 398 g/mol. The third kappa shape index (κ3) is 4.29. The molecule has 1 amide bonds. The summed E-state index contributed by atoms with van der Waals surface area (Å²) in [6, 6.07) is 7.20. The van der Waals surface area contributed by atoms with Gasteiger partial charge in [-0.05, 0) is 17.7 Å². The number of carbonyl (C=O) groups excluding carboxylic acids is 1. The Morgan fingerprint density at radius 3 is 2.75 bits per heavy atom. The van der Waals surface area contributed by atoms with E-state index in [1.165, 1.54) is 6.33 Å². The van der Waals surface area contributed by atoms with Gasteiger partial charge in [-0.3, -0.25) is 4.79 Å². The van der Waals surface area contributed by atoms with Gasteiger partial charge in [-0.2, -0.15) is 5.10 Å². The smallest absolute Gasteiger partial charge is 0.228 e. The Bertz CT molecular complexity index is 953. The van der Waals surface area contributed by atoms with Gasteiger partial charge >= 0.3 is 0 Å². The Morgan fingerprint density at radius 2 is 1.96 bits per heavy atom. The fourth-order valence-electron chi connectivity index (χ4n) is 3.02. The van der Waals surface area contributed by atoms with Crippen LogP contribution < -0.4 is 10.2 Å². The first-order chi connectivity index (χ1) is 13.7. The fraction of sp³-hybridized carbons (Fsp3) is 0.263. The van der Waals surface area contributed by atoms with Crippen molar-refractivity contribution in [1.82, 2.24) is 19.7 Å². The zero-order chi connectivity index (χ0) is 19.3. The molecular weight excluding hydrogens is 380 g/mol. The number of benzene rings is 1. The molecule has 0 aliphatic carbocycles. The Labute approximate surface area is 167 Å². The summed E-state index contributed by atoms with van der Waals surface area (Å²) in [5, 5.41) is 7.86. The molecule has 1 aromatic carbocycles. The number of hydrogen-bond acceptors (Lipinski definition) is 6. The fourth-order valence-corrected chi connectivity index (χ4v) is 3.14. The summed E-state index contributed by atoms with van der Waals surface area (Å²) < 4.78 is 7.05. The third-order valence-electron chi connectivity index (χ3n) is 4.39. The topological polar surface area (TPSA) is 85.2 Å². The number of rotatable bonds is 5. The van der Waals surface area contributed by atoms with Gasteiger partial charge in [-0.15, -0.1) is 0 Å². The van der Waals surface area contributed by atoms with Crippen molar-refractivity contribution in [2.75, 3.05) is 36.5 Å². The van der Waals surface area contributed by atoms with Gasteiger partial charge in [0, 0.05) is 18.1 Å². The number of aromatic nitrogens is 4. The van der Waals surface area contributed by atoms with Crippen LogP contribution in [0.3, 0.4) is 0 Å². The summed E-state index contributed by atoms with van der Waals surface area (Å²) in [6.07, 6.45) is 6.86. The molecular formula is C19H19ClN6O2. The van der Waals surface area contributed by atoms with Gasteiger partial charge in [0.1, 0.15) is 12.0 Å². The van der Waals surface area contributed by atoms with Gasteiger partial charge < -0.3 is 15.0 Å². The van der Waals surface area contributed by atoms with E-state index < -0.39 is 0 Å². The summed E-state index contributed by atoms with van der Waals surface area (Å²) >= 11 is 5.88. The predicted octanol–water partition coefficient (Wildman–Crippen LogP) is 2.33. The lowest BCUT2D eigenvalue weighted by Gasteiger charge is -2.29. The molecule has 1 saturated heterocycles. The van der Waals surface area contributed by atoms with Crippen molar-refractivity contribution < 1.29 is 9.53 Å². The molecule has 28 heavy (non-hydrogen) atoms. The average Bonchev–Trinajstić information content (AvgIpc) is 3.18. The Balaban J connectivity index is 1.47. The number of amides is 1. The molecule has 3 aromatic rings. The first-order valence-electron chi connectivity index (χ1n) is 8.91. The van der Waals surface area contributed by atoms with Gasteiger partial charge in [0.15, 0.2) is 5.82 Å². The molecule has 1 aliphatic rings. The van der Waals surface area contributed by atoms with Gasteiger partial charge in [0.2, 0.25) is 5.91 Å². The zero-order valence-electron chi connectivity index (χ0n) is 15.1. The number of hydrogen-bond donors (Lipinski definition) is 1. The van der Waals surface area contributed by atoms with E-state index in [1.54, 1.807) is 35.4 Å². The SMILES string of the molecule is O=C(Cc1ccc(Cl)cc1)Nc1cnn(-c2ncncc2N2CCOCC2)c1. The molecule has 1 aliphatic heterocycles. The van der Waals surface area contributed by atoms with E-state index in [2.05, 4.69) is 25.3 Å². The highest BCUT2D eigenvalue weighted by molar-refractivity contribution is 6.30. The Kier molecular flexibility index (Phi) is 5.50. The lowest BCUT2D eigenvalue weighted by atomic mass is 10.1. The van der Waals surface area contributed by atoms with Crippen LogP contribution in [-0.4, -0.2) is 52.0 Å². The molecule has 1 N–H and O–H groups in total. The average molecular weight is 399 g/mol. The second-order valence-electron chi connectivity index (χ2n) is 6.36. The van der Waals surface area contributed by atoms with Crippen molar-refractivity contribution in [2.45, 2.75) is 6.42 Å². The van der Waals surface area contributed by atoms with Crippen LogP contribution in [-0.2, 0) is 16.0 Å². The number of nitrogens with zero attached hydrogens (tertiary/aromatic N) is 5. The highest BCUT2D eigenvalue weighted by atomic mass is 35.5. The van der Waals surface area contributed by atoms with Crippen LogP contribution in [0.5, 0.6) is 0 Å². The first kappa shape index (κ1) is 18.4. The lowest BCUT2D eigenvalue weighted by molar-refractivity contribution is -0.115. The number of anilines is 2. The van der Waals surface area contributed by atoms with Crippen molar-refractivity contribution in [2.24, 2.45) is 0 Å². The van der Waals surface area contributed by atoms with E-state index in [4.69, 9.17) is 16.3 Å². The number of halogens is 1. The van der Waals surface area contributed by atoms with E-state index in [1.807, 2.05) is 12.1 Å². The van der Waals surface area contributed by atoms with Crippen molar-refractivity contribution in [3.8, 4) is 5.82 Å². The van der Waals surface area contributed by atoms with Crippen LogP contribution in [0.15, 0.2) is 49.2 Å². The van der Waals surface area contributed by atoms with Crippen LogP contribution in [0.4, 0.5) is 11.4 Å². The largest absolute Gasteiger partial charge is 0.378 e. The molecule has 0 spiro atoms. The molecule has 0 saturated carbocycles. The minimum absolute atomic E-state index is 0.127. The lowest BCUT2D eigenvalue weighted by Crippen LogP contribution is -2.37. The van der Waals surface area contributed by atoms with Crippen LogP contribution in [0.25, 0.3) is 5.82 Å². The normalized spacial score (nSPS) is 14.1. The maximum absolute atomic E-state index is 12.3. The van der Waals surface area contributed by atoms with Crippen molar-refractivity contribution in [3.63, 3.8) is 0 Å². The van der Waals surface area contributed by atoms with Crippen molar-refractivity contribution in [3.05, 3.63) is 59.8 Å². The van der Waals surface area contributed by atoms with E-state index in [0.717, 1.165) is 24.3 Å². The molecule has 0 radical (unpaired) electrons. The predicted molar refractivity (Wildman–Crippen MR) is 106 cm³/mol. The number of morpholine rings is 1. The molecule has 8 nitrogen and oxygen atoms in total. The van der Waals surface area contributed by atoms with Gasteiger partial charge in [-0.25, -0.2) is 14.6 Å². The van der Waals surface area contributed by atoms with E-state index in [9.17, 15) is 4.79 Å². The molecule has 0 bridgehead atoms. The standard InChI is InChI=1S/C19H19ClN6O2/c20-15-3-1-14(2-4-15)9-18(27)24-16-10-23-26(12-16)19-17(11-21-13-22-19)25-5-7-28-8-6-25/h1-4,10-13H,5-9H2,(H,24,27). The Morgan fingerprint density at radius 1 is 1.18 bits per heavy atom. The van der Waals surface area contributed by atoms with Crippen LogP contribution >= 0.6 is 11.6 Å². The molecule has 0 atom stereocenters. The second kappa shape index (κ2) is 8.37. The molecule has 0 unspecified atom stereocenters. The van der Waals surface area contributed by atoms with Crippen LogP contribution in [0.2, 0.25) is 5.02 Å².